The Morgan fingerprint density at radius 2 is 1.95 bits per heavy atom. The molecular formula is C15H13ClN2O2S. The first-order chi connectivity index (χ1) is 10.2. The van der Waals surface area contributed by atoms with Crippen molar-refractivity contribution in [3.63, 3.8) is 0 Å². The zero-order valence-corrected chi connectivity index (χ0v) is 13.1. The van der Waals surface area contributed by atoms with E-state index in [0.29, 0.717) is 15.5 Å². The van der Waals surface area contributed by atoms with Crippen LogP contribution >= 0.6 is 23.8 Å². The van der Waals surface area contributed by atoms with Gasteiger partial charge in [0.15, 0.2) is 4.77 Å². The number of nitrogens with one attached hydrogen (secondary N) is 1. The maximum absolute atomic E-state index is 6.32. The molecule has 4 nitrogen and oxygen atoms in total. The first-order valence-electron chi connectivity index (χ1n) is 6.27. The number of benzene rings is 2. The summed E-state index contributed by atoms with van der Waals surface area (Å²) in [4.78, 5) is 3.16. The van der Waals surface area contributed by atoms with Crippen molar-refractivity contribution < 1.29 is 9.47 Å². The van der Waals surface area contributed by atoms with Crippen molar-refractivity contribution in [2.24, 2.45) is 0 Å². The lowest BCUT2D eigenvalue weighted by Crippen LogP contribution is -1.96. The molecule has 3 rings (SSSR count). The molecule has 0 saturated carbocycles. The highest BCUT2D eigenvalue weighted by Crippen LogP contribution is 2.31. The van der Waals surface area contributed by atoms with Crippen molar-refractivity contribution in [1.82, 2.24) is 9.55 Å². The molecular weight excluding hydrogens is 308 g/mol. The number of ether oxygens (including phenoxy) is 2. The molecule has 0 saturated heterocycles. The maximum Gasteiger partial charge on any atom is 0.182 e. The normalized spacial score (nSPS) is 10.8. The average Bonchev–Trinajstić information content (AvgIpc) is 2.83. The van der Waals surface area contributed by atoms with Gasteiger partial charge in [0.25, 0.3) is 0 Å². The molecule has 0 fully saturated rings. The fourth-order valence-electron chi connectivity index (χ4n) is 2.30. The summed E-state index contributed by atoms with van der Waals surface area (Å²) in [6, 6.07) is 11.2. The summed E-state index contributed by atoms with van der Waals surface area (Å²) in [5.41, 5.74) is 2.50. The van der Waals surface area contributed by atoms with Crippen molar-refractivity contribution >= 4 is 34.9 Å². The van der Waals surface area contributed by atoms with Gasteiger partial charge in [0.05, 0.1) is 30.4 Å². The number of methoxy groups -OCH3 is 2. The minimum absolute atomic E-state index is 0.546. The van der Waals surface area contributed by atoms with Gasteiger partial charge in [0, 0.05) is 6.07 Å². The molecule has 0 radical (unpaired) electrons. The Bertz CT molecular complexity index is 870. The molecule has 1 heterocycles. The van der Waals surface area contributed by atoms with Gasteiger partial charge in [-0.3, -0.25) is 4.57 Å². The first-order valence-corrected chi connectivity index (χ1v) is 7.06. The minimum Gasteiger partial charge on any atom is -0.497 e. The number of halogens is 1. The zero-order chi connectivity index (χ0) is 15.0. The van der Waals surface area contributed by atoms with Gasteiger partial charge in [-0.05, 0) is 36.5 Å². The summed E-state index contributed by atoms with van der Waals surface area (Å²) < 4.78 is 13.0. The highest BCUT2D eigenvalue weighted by molar-refractivity contribution is 7.71. The van der Waals surface area contributed by atoms with Crippen LogP contribution in [0.5, 0.6) is 11.5 Å². The van der Waals surface area contributed by atoms with Gasteiger partial charge in [-0.15, -0.1) is 0 Å². The van der Waals surface area contributed by atoms with Crippen molar-refractivity contribution in [3.8, 4) is 17.2 Å². The van der Waals surface area contributed by atoms with Gasteiger partial charge in [0.1, 0.15) is 17.0 Å². The van der Waals surface area contributed by atoms with Crippen molar-refractivity contribution in [1.29, 1.82) is 0 Å². The van der Waals surface area contributed by atoms with E-state index in [1.54, 1.807) is 20.3 Å². The predicted molar refractivity (Wildman–Crippen MR) is 86.6 cm³/mol. The molecule has 6 heteroatoms. The number of rotatable bonds is 3. The van der Waals surface area contributed by atoms with E-state index in [-0.39, 0.29) is 0 Å². The number of hydrogen-bond donors (Lipinski definition) is 1. The summed E-state index contributed by atoms with van der Waals surface area (Å²) in [5.74, 6) is 1.45. The first kappa shape index (κ1) is 14.0. The molecule has 108 valence electrons. The molecule has 0 amide bonds. The number of nitrogens with zero attached hydrogens (tertiary/aromatic N) is 1. The molecule has 0 spiro atoms. The average molecular weight is 321 g/mol. The minimum atomic E-state index is 0.546. The van der Waals surface area contributed by atoms with Crippen LogP contribution in [0.2, 0.25) is 5.02 Å². The Balaban J connectivity index is 2.35. The van der Waals surface area contributed by atoms with E-state index >= 15 is 0 Å². The second-order valence-electron chi connectivity index (χ2n) is 4.44. The van der Waals surface area contributed by atoms with E-state index < -0.39 is 0 Å². The van der Waals surface area contributed by atoms with Crippen molar-refractivity contribution in [2.75, 3.05) is 14.2 Å². The lowest BCUT2D eigenvalue weighted by atomic mass is 10.2. The van der Waals surface area contributed by atoms with Crippen LogP contribution in [0.1, 0.15) is 0 Å². The molecule has 1 aromatic heterocycles. The Labute approximate surface area is 131 Å². The van der Waals surface area contributed by atoms with Crippen LogP contribution in [0.25, 0.3) is 16.7 Å². The Morgan fingerprint density at radius 1 is 1.14 bits per heavy atom. The SMILES string of the molecule is COc1ccc(Cl)c(-n2c(=S)[nH]c3c(OC)cccc32)c1. The standard InChI is InChI=1S/C15H13ClN2O2S/c1-19-9-6-7-10(16)12(8-9)18-11-4-3-5-13(20-2)14(11)17-15(18)21/h3-8H,1-2H3,(H,17,21). The van der Waals surface area contributed by atoms with Gasteiger partial charge < -0.3 is 14.5 Å². The van der Waals surface area contributed by atoms with Crippen LogP contribution in [0.15, 0.2) is 36.4 Å². The molecule has 0 aliphatic carbocycles. The van der Waals surface area contributed by atoms with Gasteiger partial charge in [-0.25, -0.2) is 0 Å². The second kappa shape index (κ2) is 5.42. The second-order valence-corrected chi connectivity index (χ2v) is 5.23. The van der Waals surface area contributed by atoms with Crippen LogP contribution in [0.3, 0.4) is 0 Å². The number of H-pyrrole nitrogens is 1. The van der Waals surface area contributed by atoms with Crippen LogP contribution in [0.4, 0.5) is 0 Å². The van der Waals surface area contributed by atoms with E-state index in [0.717, 1.165) is 22.5 Å². The van der Waals surface area contributed by atoms with Crippen molar-refractivity contribution in [3.05, 3.63) is 46.2 Å². The van der Waals surface area contributed by atoms with Crippen molar-refractivity contribution in [2.45, 2.75) is 0 Å². The summed E-state index contributed by atoms with van der Waals surface area (Å²) in [7, 11) is 3.24. The molecule has 2 aromatic carbocycles. The number of imidazole rings is 1. The van der Waals surface area contributed by atoms with E-state index in [2.05, 4.69) is 4.98 Å². The smallest absolute Gasteiger partial charge is 0.182 e. The van der Waals surface area contributed by atoms with E-state index in [9.17, 15) is 0 Å². The third-order valence-electron chi connectivity index (χ3n) is 3.29. The largest absolute Gasteiger partial charge is 0.497 e. The van der Waals surface area contributed by atoms with Crippen LogP contribution < -0.4 is 9.47 Å². The monoisotopic (exact) mass is 320 g/mol. The van der Waals surface area contributed by atoms with E-state index in [1.165, 1.54) is 0 Å². The van der Waals surface area contributed by atoms with Crippen LogP contribution in [-0.2, 0) is 0 Å². The summed E-state index contributed by atoms with van der Waals surface area (Å²) in [6.07, 6.45) is 0. The van der Waals surface area contributed by atoms with Gasteiger partial charge in [0.2, 0.25) is 0 Å². The zero-order valence-electron chi connectivity index (χ0n) is 11.5. The maximum atomic E-state index is 6.32. The predicted octanol–water partition coefficient (Wildman–Crippen LogP) is 4.36. The highest BCUT2D eigenvalue weighted by atomic mass is 35.5. The Hall–Kier alpha value is -1.98. The Morgan fingerprint density at radius 3 is 2.67 bits per heavy atom. The number of fused-ring (bicyclic) bond motifs is 1. The quantitative estimate of drug-likeness (QED) is 0.729. The van der Waals surface area contributed by atoms with Crippen LogP contribution in [0, 0.1) is 4.77 Å². The lowest BCUT2D eigenvalue weighted by Gasteiger charge is -2.09. The van der Waals surface area contributed by atoms with E-state index in [1.807, 2.05) is 34.9 Å². The van der Waals surface area contributed by atoms with Gasteiger partial charge in [-0.1, -0.05) is 17.7 Å². The molecule has 0 aliphatic rings. The molecule has 1 N–H and O–H groups in total. The third-order valence-corrected chi connectivity index (χ3v) is 3.90. The molecule has 3 aromatic rings. The lowest BCUT2D eigenvalue weighted by molar-refractivity contribution is 0.414. The summed E-state index contributed by atoms with van der Waals surface area (Å²) >= 11 is 11.8. The fraction of sp³-hybridized carbons (Fsp3) is 0.133. The fourth-order valence-corrected chi connectivity index (χ4v) is 2.80. The van der Waals surface area contributed by atoms with Gasteiger partial charge in [-0.2, -0.15) is 0 Å². The van der Waals surface area contributed by atoms with Crippen LogP contribution in [-0.4, -0.2) is 23.8 Å². The summed E-state index contributed by atoms with van der Waals surface area (Å²) in [6.45, 7) is 0. The third kappa shape index (κ3) is 2.28. The molecule has 0 bridgehead atoms. The number of hydrogen-bond acceptors (Lipinski definition) is 3. The number of aromatic amines is 1. The van der Waals surface area contributed by atoms with Gasteiger partial charge >= 0.3 is 0 Å². The highest BCUT2D eigenvalue weighted by Gasteiger charge is 2.13. The number of aromatic nitrogens is 2. The summed E-state index contributed by atoms with van der Waals surface area (Å²) in [5, 5.41) is 0.593. The van der Waals surface area contributed by atoms with E-state index in [4.69, 9.17) is 33.3 Å². The molecule has 0 atom stereocenters. The number of para-hydroxylation sites is 1. The molecule has 21 heavy (non-hydrogen) atoms. The Kier molecular flexibility index (Phi) is 3.61. The molecule has 0 unspecified atom stereocenters. The molecule has 0 aliphatic heterocycles. The topological polar surface area (TPSA) is 39.2 Å².